The summed E-state index contributed by atoms with van der Waals surface area (Å²) in [7, 11) is 0. The predicted molar refractivity (Wildman–Crippen MR) is 131 cm³/mol. The van der Waals surface area contributed by atoms with Crippen molar-refractivity contribution in [2.75, 3.05) is 0 Å². The van der Waals surface area contributed by atoms with Gasteiger partial charge in [0.1, 0.15) is 5.60 Å². The molecule has 0 saturated heterocycles. The molecule has 212 valence electrons. The van der Waals surface area contributed by atoms with Gasteiger partial charge in [-0.25, -0.2) is 0 Å². The van der Waals surface area contributed by atoms with E-state index >= 15 is 0 Å². The Labute approximate surface area is 205 Å². The SMILES string of the molecule is CCC[C@@H](C(=O)OC(C)(C)C)[C@@H](CC(C)C)C(=O)O.CCC[C@H](C(=O)O)[C@@H](CC(C)C)C(=O)O.[Fm]. The molecule has 0 aromatic carbocycles. The summed E-state index contributed by atoms with van der Waals surface area (Å²) in [4.78, 5) is 45.6. The molecule has 9 heteroatoms. The fourth-order valence-electron chi connectivity index (χ4n) is 3.87. The largest absolute Gasteiger partial charge is 0.481 e. The van der Waals surface area contributed by atoms with Crippen molar-refractivity contribution in [3.8, 4) is 0 Å². The number of carbonyl (C=O) groups is 4. The molecule has 0 amide bonds. The first-order chi connectivity index (χ1) is 15.5. The van der Waals surface area contributed by atoms with Gasteiger partial charge in [0.25, 0.3) is 0 Å². The number of esters is 1. The van der Waals surface area contributed by atoms with Gasteiger partial charge in [-0.3, -0.25) is 19.2 Å². The quantitative estimate of drug-likeness (QED) is 0.192. The van der Waals surface area contributed by atoms with Crippen LogP contribution >= 0.6 is 0 Å². The van der Waals surface area contributed by atoms with Crippen LogP contribution in [-0.2, 0) is 23.9 Å². The van der Waals surface area contributed by atoms with Crippen molar-refractivity contribution >= 4 is 23.9 Å². The molecule has 35 heavy (non-hydrogen) atoms. The van der Waals surface area contributed by atoms with E-state index in [0.29, 0.717) is 32.1 Å². The molecule has 0 radical (unpaired) electrons. The van der Waals surface area contributed by atoms with Crippen molar-refractivity contribution in [2.45, 2.75) is 106 Å². The number of carbonyl (C=O) groups excluding carboxylic acids is 1. The van der Waals surface area contributed by atoms with Gasteiger partial charge in [0.2, 0.25) is 0 Å². The Balaban J connectivity index is -0.000000584. The number of carboxylic acid groups (broad SMARTS) is 3. The molecule has 0 aliphatic rings. The number of carboxylic acids is 3. The van der Waals surface area contributed by atoms with Crippen LogP contribution in [-0.4, -0.2) is 44.8 Å². The Morgan fingerprint density at radius 2 is 0.971 bits per heavy atom. The second kappa shape index (κ2) is 17.3. The monoisotopic (exact) mass is 745 g/mol. The number of ether oxygens (including phenoxy) is 1. The first-order valence-electron chi connectivity index (χ1n) is 12.4. The first-order valence-corrected chi connectivity index (χ1v) is 12.4. The topological polar surface area (TPSA) is 138 Å². The third-order valence-electron chi connectivity index (χ3n) is 5.28. The minimum absolute atomic E-state index is 0. The molecule has 0 fully saturated rings. The van der Waals surface area contributed by atoms with Gasteiger partial charge in [-0.15, -0.1) is 0 Å². The van der Waals surface area contributed by atoms with Gasteiger partial charge in [-0.2, -0.15) is 0 Å². The van der Waals surface area contributed by atoms with E-state index in [1.54, 1.807) is 20.8 Å². The molecule has 0 aromatic heterocycles. The Bertz CT molecular complexity index is 640. The maximum Gasteiger partial charge on any atom is 0.310 e. The normalized spacial score (nSPS) is 14.6. The first kappa shape index (κ1) is 36.4. The van der Waals surface area contributed by atoms with Gasteiger partial charge in [0.15, 0.2) is 0 Å². The zero-order valence-electron chi connectivity index (χ0n) is 22.9. The van der Waals surface area contributed by atoms with Crippen molar-refractivity contribution in [3.05, 3.63) is 0 Å². The van der Waals surface area contributed by atoms with Crippen molar-refractivity contribution in [1.29, 1.82) is 0 Å². The molecule has 0 aliphatic heterocycles. The average molecular weight is 746 g/mol. The second-order valence-corrected chi connectivity index (χ2v) is 10.8. The molecule has 0 aromatic rings. The van der Waals surface area contributed by atoms with Crippen molar-refractivity contribution in [1.82, 2.24) is 0 Å². The van der Waals surface area contributed by atoms with Crippen LogP contribution in [0.3, 0.4) is 0 Å². The third-order valence-corrected chi connectivity index (χ3v) is 5.28. The van der Waals surface area contributed by atoms with Crippen molar-refractivity contribution in [2.24, 2.45) is 35.5 Å². The summed E-state index contributed by atoms with van der Waals surface area (Å²) < 4.78 is 5.36. The Morgan fingerprint density at radius 3 is 1.23 bits per heavy atom. The van der Waals surface area contributed by atoms with E-state index in [0.717, 1.165) is 6.42 Å². The van der Waals surface area contributed by atoms with E-state index in [2.05, 4.69) is 0 Å². The van der Waals surface area contributed by atoms with E-state index in [1.165, 1.54) is 0 Å². The van der Waals surface area contributed by atoms with Crippen LogP contribution in [0.5, 0.6) is 0 Å². The van der Waals surface area contributed by atoms with Crippen molar-refractivity contribution < 1.29 is 39.2 Å². The number of aliphatic carboxylic acids is 3. The fraction of sp³-hybridized carbons (Fsp3) is 0.846. The molecule has 0 aliphatic carbocycles. The van der Waals surface area contributed by atoms with Crippen LogP contribution in [0.25, 0.3) is 0 Å². The molecule has 0 bridgehead atoms. The Morgan fingerprint density at radius 1 is 0.657 bits per heavy atom. The van der Waals surface area contributed by atoms with Crippen LogP contribution in [0, 0.1) is 35.5 Å². The van der Waals surface area contributed by atoms with Gasteiger partial charge in [-0.1, -0.05) is 54.4 Å². The number of hydrogen-bond acceptors (Lipinski definition) is 5. The maximum atomic E-state index is 12.2. The molecule has 0 saturated carbocycles. The molecule has 0 rings (SSSR count). The second-order valence-electron chi connectivity index (χ2n) is 10.8. The molecular formula is C26H48FmO8. The molecule has 3 N–H and O–H groups in total. The minimum Gasteiger partial charge on any atom is -0.481 e. The van der Waals surface area contributed by atoms with Crippen LogP contribution < -0.4 is 0 Å². The van der Waals surface area contributed by atoms with Gasteiger partial charge in [-0.05, 0) is 58.3 Å². The summed E-state index contributed by atoms with van der Waals surface area (Å²) in [6.07, 6.45) is 3.37. The zero-order chi connectivity index (χ0) is 27.2. The molecule has 4 atom stereocenters. The van der Waals surface area contributed by atoms with Crippen LogP contribution in [0.1, 0.15) is 101 Å². The molecule has 8 nitrogen and oxygen atoms in total. The molecule has 0 spiro atoms. The summed E-state index contributed by atoms with van der Waals surface area (Å²) in [5.74, 6) is -5.57. The predicted octanol–water partition coefficient (Wildman–Crippen LogP) is 5.73. The smallest absolute Gasteiger partial charge is 0.310 e. The van der Waals surface area contributed by atoms with E-state index in [-0.39, 0.29) is 17.8 Å². The number of hydrogen-bond donors (Lipinski definition) is 3. The fourth-order valence-corrected chi connectivity index (χ4v) is 3.87. The minimum atomic E-state index is -0.996. The Hall–Kier alpha value is -3.12. The van der Waals surface area contributed by atoms with Crippen LogP contribution in [0.4, 0.5) is 0 Å². The summed E-state index contributed by atoms with van der Waals surface area (Å²) in [5.41, 5.74) is -0.579. The summed E-state index contributed by atoms with van der Waals surface area (Å²) in [6, 6.07) is 0. The molecule has 0 unspecified atom stereocenters. The van der Waals surface area contributed by atoms with Gasteiger partial charge >= 0.3 is 23.9 Å². The average Bonchev–Trinajstić information content (AvgIpc) is 2.65. The summed E-state index contributed by atoms with van der Waals surface area (Å²) in [5, 5.41) is 27.3. The summed E-state index contributed by atoms with van der Waals surface area (Å²) >= 11 is 0. The van der Waals surface area contributed by atoms with Crippen LogP contribution in [0.2, 0.25) is 0 Å². The van der Waals surface area contributed by atoms with E-state index < -0.39 is 47.2 Å². The van der Waals surface area contributed by atoms with Gasteiger partial charge < -0.3 is 20.1 Å². The number of rotatable bonds is 14. The third kappa shape index (κ3) is 16.2. The van der Waals surface area contributed by atoms with E-state index in [1.807, 2.05) is 41.5 Å². The van der Waals surface area contributed by atoms with Crippen molar-refractivity contribution in [3.63, 3.8) is 0 Å². The molecule has 0 heterocycles. The summed E-state index contributed by atoms with van der Waals surface area (Å²) in [6.45, 7) is 16.9. The standard InChI is InChI=1S/C15H28O4.C11H20O4.Fm/c1-7-8-11(14(18)19-15(4,5)6)12(13(16)17)9-10(2)3;1-4-5-8(10(12)13)9(11(14)15)6-7(2)3;/h10-12H,7-9H2,1-6H3,(H,16,17);7-9H,4-6H2,1-3H3,(H,12,13)(H,14,15);/t11-,12-;8-,9+;/m10./s1. The van der Waals surface area contributed by atoms with E-state index in [4.69, 9.17) is 14.9 Å². The van der Waals surface area contributed by atoms with Gasteiger partial charge in [0.05, 0.1) is 23.7 Å². The van der Waals surface area contributed by atoms with E-state index in [9.17, 15) is 24.3 Å². The maximum absolute atomic E-state index is 12.2. The Kier molecular flexibility index (Phi) is 18.1. The van der Waals surface area contributed by atoms with Crippen LogP contribution in [0.15, 0.2) is 0 Å². The van der Waals surface area contributed by atoms with Gasteiger partial charge in [0, 0.05) is 0 Å². The molecular weight excluding hydrogens is 697 g/mol. The zero-order valence-corrected chi connectivity index (χ0v) is 25.3.